The summed E-state index contributed by atoms with van der Waals surface area (Å²) in [4.78, 5) is 5.35. The molecule has 2 aliphatic carbocycles. The van der Waals surface area contributed by atoms with Gasteiger partial charge in [0.2, 0.25) is 5.52 Å². The lowest BCUT2D eigenvalue weighted by Gasteiger charge is -2.29. The van der Waals surface area contributed by atoms with E-state index >= 15 is 0 Å². The highest BCUT2D eigenvalue weighted by molar-refractivity contribution is 8.03. The second kappa shape index (κ2) is 10.5. The molecule has 0 fully saturated rings. The van der Waals surface area contributed by atoms with Gasteiger partial charge < -0.3 is 4.90 Å². The van der Waals surface area contributed by atoms with Gasteiger partial charge in [-0.2, -0.15) is 4.57 Å². The average Bonchev–Trinajstić information content (AvgIpc) is 3.49. The second-order valence-corrected chi connectivity index (χ2v) is 14.1. The van der Waals surface area contributed by atoms with Crippen molar-refractivity contribution in [2.45, 2.75) is 62.8 Å². The van der Waals surface area contributed by atoms with Crippen molar-refractivity contribution in [1.29, 1.82) is 0 Å². The van der Waals surface area contributed by atoms with Crippen LogP contribution >= 0.6 is 34.9 Å². The maximum absolute atomic E-state index is 2.54. The minimum absolute atomic E-state index is 0.706. The van der Waals surface area contributed by atoms with Crippen molar-refractivity contribution in [1.82, 2.24) is 0 Å². The first-order valence-electron chi connectivity index (χ1n) is 14.3. The van der Waals surface area contributed by atoms with Crippen LogP contribution in [-0.4, -0.2) is 12.3 Å². The van der Waals surface area contributed by atoms with Crippen LogP contribution in [0.2, 0.25) is 0 Å². The van der Waals surface area contributed by atoms with Crippen LogP contribution in [0.5, 0.6) is 0 Å². The van der Waals surface area contributed by atoms with Gasteiger partial charge in [-0.15, -0.1) is 11.8 Å². The topological polar surface area (TPSA) is 7.12 Å². The van der Waals surface area contributed by atoms with E-state index in [0.29, 0.717) is 5.92 Å². The molecule has 2 aromatic carbocycles. The molecule has 0 bridgehead atoms. The van der Waals surface area contributed by atoms with Crippen molar-refractivity contribution in [3.63, 3.8) is 0 Å². The maximum atomic E-state index is 2.54. The van der Waals surface area contributed by atoms with Gasteiger partial charge in [0.25, 0.3) is 5.01 Å². The highest BCUT2D eigenvalue weighted by atomic mass is 32.2. The summed E-state index contributed by atoms with van der Waals surface area (Å²) in [7, 11) is 0. The smallest absolute Gasteiger partial charge is 0.263 e. The first-order valence-corrected chi connectivity index (χ1v) is 16.9. The summed E-state index contributed by atoms with van der Waals surface area (Å²) in [6.07, 6.45) is 19.5. The monoisotopic (exact) mass is 567 g/mol. The first-order chi connectivity index (χ1) is 19.1. The quantitative estimate of drug-likeness (QED) is 0.290. The van der Waals surface area contributed by atoms with E-state index in [0.717, 1.165) is 18.8 Å². The zero-order valence-corrected chi connectivity index (χ0v) is 25.4. The minimum Gasteiger partial charge on any atom is -0.335 e. The molecule has 1 aromatic heterocycles. The molecule has 3 aromatic rings. The Bertz CT molecular complexity index is 1630. The first kappa shape index (κ1) is 25.5. The summed E-state index contributed by atoms with van der Waals surface area (Å²) in [5.41, 5.74) is 10.0. The molecule has 1 unspecified atom stereocenters. The van der Waals surface area contributed by atoms with E-state index < -0.39 is 0 Å². The van der Waals surface area contributed by atoms with Crippen LogP contribution in [0.3, 0.4) is 0 Å². The zero-order valence-electron chi connectivity index (χ0n) is 23.0. The van der Waals surface area contributed by atoms with Gasteiger partial charge in [0.15, 0.2) is 0 Å². The molecule has 0 saturated heterocycles. The Morgan fingerprint density at radius 1 is 1.03 bits per heavy atom. The van der Waals surface area contributed by atoms with Crippen LogP contribution in [-0.2, 0) is 6.54 Å². The molecule has 1 atom stereocenters. The van der Waals surface area contributed by atoms with Crippen LogP contribution < -0.4 is 9.47 Å². The lowest BCUT2D eigenvalue weighted by Crippen LogP contribution is -2.33. The van der Waals surface area contributed by atoms with E-state index in [2.05, 4.69) is 97.0 Å². The van der Waals surface area contributed by atoms with Gasteiger partial charge in [-0.1, -0.05) is 53.5 Å². The van der Waals surface area contributed by atoms with E-state index in [9.17, 15) is 0 Å². The van der Waals surface area contributed by atoms with Crippen LogP contribution in [0.25, 0.3) is 22.4 Å². The molecule has 39 heavy (non-hydrogen) atoms. The molecule has 0 N–H and O–H groups in total. The van der Waals surface area contributed by atoms with Gasteiger partial charge in [0.05, 0.1) is 10.7 Å². The van der Waals surface area contributed by atoms with Crippen molar-refractivity contribution < 1.29 is 4.57 Å². The number of allylic oxidation sites excluding steroid dienone is 6. The minimum atomic E-state index is 0.706. The maximum Gasteiger partial charge on any atom is 0.263 e. The molecule has 198 valence electrons. The number of thiazole rings is 1. The van der Waals surface area contributed by atoms with E-state index in [1.54, 1.807) is 0 Å². The SMILES string of the molecule is CCN1/C(=C/C2=CC3=C/C(=C/c4sc5ccc(C)cc5[n+]4CC)CCC3CC2)Sc2ccc3c(c21)C=CCS3. The van der Waals surface area contributed by atoms with Crippen molar-refractivity contribution in [2.75, 3.05) is 17.2 Å². The lowest BCUT2D eigenvalue weighted by atomic mass is 9.77. The van der Waals surface area contributed by atoms with Gasteiger partial charge in [0.1, 0.15) is 11.2 Å². The van der Waals surface area contributed by atoms with E-state index in [1.165, 1.54) is 89.3 Å². The van der Waals surface area contributed by atoms with Crippen molar-refractivity contribution >= 4 is 62.9 Å². The molecule has 0 amide bonds. The number of fused-ring (bicyclic) bond motifs is 5. The summed E-state index contributed by atoms with van der Waals surface area (Å²) in [6, 6.07) is 11.5. The summed E-state index contributed by atoms with van der Waals surface area (Å²) in [5, 5.41) is 2.76. The highest BCUT2D eigenvalue weighted by Crippen LogP contribution is 2.52. The predicted molar refractivity (Wildman–Crippen MR) is 172 cm³/mol. The third-order valence-corrected chi connectivity index (χ3v) is 11.6. The Kier molecular flexibility index (Phi) is 6.86. The summed E-state index contributed by atoms with van der Waals surface area (Å²) >= 11 is 5.83. The zero-order chi connectivity index (χ0) is 26.5. The van der Waals surface area contributed by atoms with Crippen LogP contribution in [0.1, 0.15) is 55.7 Å². The van der Waals surface area contributed by atoms with Crippen LogP contribution in [0.15, 0.2) is 86.2 Å². The summed E-state index contributed by atoms with van der Waals surface area (Å²) in [5.74, 6) is 1.78. The molecular formula is C34H35N2S3+. The van der Waals surface area contributed by atoms with Gasteiger partial charge in [-0.05, 0) is 98.9 Å². The molecule has 4 aliphatic rings. The van der Waals surface area contributed by atoms with Crippen LogP contribution in [0, 0.1) is 12.8 Å². The fourth-order valence-corrected chi connectivity index (χ4v) is 9.68. The largest absolute Gasteiger partial charge is 0.335 e. The Hall–Kier alpha value is -2.47. The molecule has 7 rings (SSSR count). The number of aryl methyl sites for hydroxylation is 2. The predicted octanol–water partition coefficient (Wildman–Crippen LogP) is 9.55. The fourth-order valence-electron chi connectivity index (χ4n) is 6.42. The second-order valence-electron chi connectivity index (χ2n) is 10.9. The normalized spacial score (nSPS) is 22.2. The summed E-state index contributed by atoms with van der Waals surface area (Å²) in [6.45, 7) is 8.74. The molecule has 0 saturated carbocycles. The Morgan fingerprint density at radius 3 is 2.77 bits per heavy atom. The third kappa shape index (κ3) is 4.67. The number of thioether (sulfide) groups is 2. The Labute approximate surface area is 244 Å². The van der Waals surface area contributed by atoms with Gasteiger partial charge in [-0.25, -0.2) is 0 Å². The standard InChI is InChI=1S/C34H35N2S3/c1-4-35-28-17-22(3)8-13-30(28)38-32(35)20-23-9-11-25-12-10-24(19-26(25)18-23)21-33-36(5-2)34-27-7-6-16-37-29(27)14-15-31(34)39-33/h6-8,13-15,17-21,25H,4-5,9-12,16H2,1-3H3/q+1. The third-order valence-electron chi connectivity index (χ3n) is 8.38. The molecule has 0 spiro atoms. The van der Waals surface area contributed by atoms with Crippen molar-refractivity contribution in [3.8, 4) is 0 Å². The van der Waals surface area contributed by atoms with E-state index in [4.69, 9.17) is 0 Å². The molecule has 5 heteroatoms. The lowest BCUT2D eigenvalue weighted by molar-refractivity contribution is -0.665. The highest BCUT2D eigenvalue weighted by Gasteiger charge is 2.30. The summed E-state index contributed by atoms with van der Waals surface area (Å²) < 4.78 is 3.87. The number of rotatable bonds is 4. The molecular weight excluding hydrogens is 533 g/mol. The van der Waals surface area contributed by atoms with Gasteiger partial charge >= 0.3 is 0 Å². The number of aromatic nitrogens is 1. The number of hydrogen-bond acceptors (Lipinski definition) is 4. The van der Waals surface area contributed by atoms with Gasteiger partial charge in [0, 0.05) is 39.8 Å². The molecule has 0 radical (unpaired) electrons. The number of nitrogens with zero attached hydrogens (tertiary/aromatic N) is 2. The Balaban J connectivity index is 1.21. The molecule has 3 heterocycles. The number of anilines is 1. The van der Waals surface area contributed by atoms with Crippen LogP contribution in [0.4, 0.5) is 5.69 Å². The van der Waals surface area contributed by atoms with Crippen molar-refractivity contribution in [3.05, 3.63) is 92.5 Å². The molecule has 2 nitrogen and oxygen atoms in total. The van der Waals surface area contributed by atoms with E-state index in [-0.39, 0.29) is 0 Å². The number of hydrogen-bond donors (Lipinski definition) is 0. The fraction of sp³-hybridized carbons (Fsp3) is 0.324. The van der Waals surface area contributed by atoms with Crippen molar-refractivity contribution in [2.24, 2.45) is 5.92 Å². The molecule has 2 aliphatic heterocycles. The van der Waals surface area contributed by atoms with Gasteiger partial charge in [-0.3, -0.25) is 0 Å². The number of benzene rings is 2. The Morgan fingerprint density at radius 2 is 1.90 bits per heavy atom. The average molecular weight is 568 g/mol. The van der Waals surface area contributed by atoms with E-state index in [1.807, 2.05) is 34.9 Å².